The normalized spacial score (nSPS) is 20.5. The Hall–Kier alpha value is -1.20. The van der Waals surface area contributed by atoms with Gasteiger partial charge in [-0.25, -0.2) is 0 Å². The van der Waals surface area contributed by atoms with Crippen molar-refractivity contribution >= 4 is 0 Å². The summed E-state index contributed by atoms with van der Waals surface area (Å²) in [4.78, 5) is 2.39. The number of piperidine rings is 1. The molecule has 0 aromatic heterocycles. The number of nitrogens with zero attached hydrogens (tertiary/aromatic N) is 1. The van der Waals surface area contributed by atoms with E-state index in [1.165, 1.54) is 0 Å². The molecule has 1 aliphatic rings. The lowest BCUT2D eigenvalue weighted by Crippen LogP contribution is -2.50. The highest BCUT2D eigenvalue weighted by atomic mass is 19.3. The van der Waals surface area contributed by atoms with Gasteiger partial charge >= 0.3 is 6.61 Å². The number of rotatable bonds is 5. The van der Waals surface area contributed by atoms with Crippen LogP contribution in [0.3, 0.4) is 0 Å². The Morgan fingerprint density at radius 2 is 1.95 bits per heavy atom. The van der Waals surface area contributed by atoms with Crippen molar-refractivity contribution in [3.8, 4) is 5.75 Å². The van der Waals surface area contributed by atoms with Crippen molar-refractivity contribution < 1.29 is 13.5 Å². The van der Waals surface area contributed by atoms with E-state index >= 15 is 0 Å². The second-order valence-electron chi connectivity index (χ2n) is 5.97. The maximum atomic E-state index is 12.3. The first-order valence-electron chi connectivity index (χ1n) is 7.41. The van der Waals surface area contributed by atoms with Crippen LogP contribution in [0.25, 0.3) is 0 Å². The zero-order valence-corrected chi connectivity index (χ0v) is 12.9. The number of benzene rings is 1. The fourth-order valence-electron chi connectivity index (χ4n) is 2.82. The lowest BCUT2D eigenvalue weighted by Gasteiger charge is -2.42. The fourth-order valence-corrected chi connectivity index (χ4v) is 2.82. The first-order chi connectivity index (χ1) is 9.93. The van der Waals surface area contributed by atoms with Gasteiger partial charge < -0.3 is 10.1 Å². The quantitative estimate of drug-likeness (QED) is 0.901. The Balaban J connectivity index is 2.02. The van der Waals surface area contributed by atoms with E-state index in [0.717, 1.165) is 31.5 Å². The molecule has 1 aromatic carbocycles. The molecule has 1 fully saturated rings. The topological polar surface area (TPSA) is 24.5 Å². The molecule has 0 spiro atoms. The first-order valence-corrected chi connectivity index (χ1v) is 7.41. The van der Waals surface area contributed by atoms with Gasteiger partial charge in [-0.1, -0.05) is 12.1 Å². The van der Waals surface area contributed by atoms with E-state index in [4.69, 9.17) is 0 Å². The number of hydrogen-bond acceptors (Lipinski definition) is 3. The average molecular weight is 298 g/mol. The minimum atomic E-state index is -2.78. The molecule has 0 amide bonds. The highest BCUT2D eigenvalue weighted by Crippen LogP contribution is 2.30. The van der Waals surface area contributed by atoms with Crippen LogP contribution in [0.5, 0.6) is 5.75 Å². The van der Waals surface area contributed by atoms with Crippen LogP contribution in [-0.4, -0.2) is 37.2 Å². The van der Waals surface area contributed by atoms with Gasteiger partial charge in [0.05, 0.1) is 0 Å². The summed E-state index contributed by atoms with van der Waals surface area (Å²) in [5, 5.41) is 3.38. The van der Waals surface area contributed by atoms with Crippen LogP contribution < -0.4 is 10.1 Å². The van der Waals surface area contributed by atoms with Crippen molar-refractivity contribution in [2.45, 2.75) is 44.9 Å². The third-order valence-electron chi connectivity index (χ3n) is 4.62. The number of likely N-dealkylation sites (tertiary alicyclic amines) is 1. The van der Waals surface area contributed by atoms with Crippen molar-refractivity contribution in [1.29, 1.82) is 0 Å². The van der Waals surface area contributed by atoms with Crippen molar-refractivity contribution in [3.05, 3.63) is 29.8 Å². The molecule has 118 valence electrons. The third-order valence-corrected chi connectivity index (χ3v) is 4.62. The molecule has 1 unspecified atom stereocenters. The summed E-state index contributed by atoms with van der Waals surface area (Å²) in [6, 6.07) is 7.21. The van der Waals surface area contributed by atoms with Gasteiger partial charge in [0.2, 0.25) is 0 Å². The minimum Gasteiger partial charge on any atom is -0.435 e. The summed E-state index contributed by atoms with van der Waals surface area (Å²) in [6.07, 6.45) is 2.17. The molecule has 0 radical (unpaired) electrons. The number of alkyl halides is 2. The Morgan fingerprint density at radius 3 is 2.52 bits per heavy atom. The lowest BCUT2D eigenvalue weighted by molar-refractivity contribution is -0.0499. The van der Waals surface area contributed by atoms with Crippen molar-refractivity contribution in [3.63, 3.8) is 0 Å². The summed E-state index contributed by atoms with van der Waals surface area (Å²) in [7, 11) is 2.00. The van der Waals surface area contributed by atoms with Crippen molar-refractivity contribution in [2.24, 2.45) is 0 Å². The molecule has 1 N–H and O–H groups in total. The molecular formula is C16H24F2N2O. The van der Waals surface area contributed by atoms with Crippen LogP contribution in [0, 0.1) is 0 Å². The zero-order valence-electron chi connectivity index (χ0n) is 12.9. The number of halogens is 2. The third kappa shape index (κ3) is 4.14. The molecular weight excluding hydrogens is 274 g/mol. The van der Waals surface area contributed by atoms with Crippen LogP contribution >= 0.6 is 0 Å². The van der Waals surface area contributed by atoms with E-state index in [1.807, 2.05) is 13.1 Å². The van der Waals surface area contributed by atoms with Crippen LogP contribution in [0.15, 0.2) is 24.3 Å². The van der Waals surface area contributed by atoms with Crippen LogP contribution in [-0.2, 0) is 0 Å². The van der Waals surface area contributed by atoms with Gasteiger partial charge in [-0.05, 0) is 51.4 Å². The molecule has 1 aliphatic heterocycles. The maximum absolute atomic E-state index is 12.3. The van der Waals surface area contributed by atoms with E-state index < -0.39 is 6.61 Å². The van der Waals surface area contributed by atoms with Crippen LogP contribution in [0.2, 0.25) is 0 Å². The van der Waals surface area contributed by atoms with Gasteiger partial charge in [-0.2, -0.15) is 8.78 Å². The fraction of sp³-hybridized carbons (Fsp3) is 0.625. The SMILES string of the molecule is CNC1(C)CCN(C(C)c2cccc(OC(F)F)c2)CC1. The Kier molecular flexibility index (Phi) is 5.17. The van der Waals surface area contributed by atoms with E-state index in [-0.39, 0.29) is 17.3 Å². The summed E-state index contributed by atoms with van der Waals surface area (Å²) in [6.45, 7) is 3.58. The van der Waals surface area contributed by atoms with Gasteiger partial charge in [0.25, 0.3) is 0 Å². The summed E-state index contributed by atoms with van der Waals surface area (Å²) in [5.74, 6) is 0.228. The molecule has 1 atom stereocenters. The highest BCUT2D eigenvalue weighted by Gasteiger charge is 2.30. The molecule has 0 bridgehead atoms. The van der Waals surface area contributed by atoms with Crippen molar-refractivity contribution in [2.75, 3.05) is 20.1 Å². The van der Waals surface area contributed by atoms with E-state index in [1.54, 1.807) is 18.2 Å². The average Bonchev–Trinajstić information content (AvgIpc) is 2.47. The van der Waals surface area contributed by atoms with Gasteiger partial charge in [-0.3, -0.25) is 4.90 Å². The number of hydrogen-bond donors (Lipinski definition) is 1. The monoisotopic (exact) mass is 298 g/mol. The second kappa shape index (κ2) is 6.71. The second-order valence-corrected chi connectivity index (χ2v) is 5.97. The van der Waals surface area contributed by atoms with Crippen LogP contribution in [0.1, 0.15) is 38.3 Å². The Labute approximate surface area is 125 Å². The molecule has 0 saturated carbocycles. The molecule has 3 nitrogen and oxygen atoms in total. The van der Waals surface area contributed by atoms with Gasteiger partial charge in [0, 0.05) is 24.7 Å². The smallest absolute Gasteiger partial charge is 0.387 e. The Bertz CT molecular complexity index is 459. The summed E-state index contributed by atoms with van der Waals surface area (Å²) >= 11 is 0. The first kappa shape index (κ1) is 16.2. The molecule has 1 saturated heterocycles. The minimum absolute atomic E-state index is 0.202. The summed E-state index contributed by atoms with van der Waals surface area (Å²) in [5.41, 5.74) is 1.22. The molecule has 1 aromatic rings. The van der Waals surface area contributed by atoms with E-state index in [9.17, 15) is 8.78 Å². The van der Waals surface area contributed by atoms with Crippen LogP contribution in [0.4, 0.5) is 8.78 Å². The summed E-state index contributed by atoms with van der Waals surface area (Å²) < 4.78 is 29.1. The molecule has 2 rings (SSSR count). The van der Waals surface area contributed by atoms with Gasteiger partial charge in [0.1, 0.15) is 5.75 Å². The predicted octanol–water partition coefficient (Wildman–Crippen LogP) is 3.42. The highest BCUT2D eigenvalue weighted by molar-refractivity contribution is 5.30. The standard InChI is InChI=1S/C16H24F2N2O/c1-12(20-9-7-16(2,19-3)8-10-20)13-5-4-6-14(11-13)21-15(17)18/h4-6,11-12,15,19H,7-10H2,1-3H3. The lowest BCUT2D eigenvalue weighted by atomic mass is 9.88. The maximum Gasteiger partial charge on any atom is 0.387 e. The largest absolute Gasteiger partial charge is 0.435 e. The van der Waals surface area contributed by atoms with Gasteiger partial charge in [-0.15, -0.1) is 0 Å². The molecule has 21 heavy (non-hydrogen) atoms. The number of ether oxygens (including phenoxy) is 1. The zero-order chi connectivity index (χ0) is 15.5. The number of nitrogens with one attached hydrogen (secondary N) is 1. The van der Waals surface area contributed by atoms with E-state index in [2.05, 4.69) is 28.8 Å². The Morgan fingerprint density at radius 1 is 1.29 bits per heavy atom. The molecule has 1 heterocycles. The molecule has 0 aliphatic carbocycles. The van der Waals surface area contributed by atoms with Gasteiger partial charge in [0.15, 0.2) is 0 Å². The van der Waals surface area contributed by atoms with E-state index in [0.29, 0.717) is 0 Å². The predicted molar refractivity (Wildman–Crippen MR) is 79.8 cm³/mol. The molecule has 5 heteroatoms. The van der Waals surface area contributed by atoms with Crippen molar-refractivity contribution in [1.82, 2.24) is 10.2 Å².